The molecule has 2 aromatic heterocycles. The maximum absolute atomic E-state index is 4.59. The number of para-hydroxylation sites is 2. The molecule has 0 atom stereocenters. The molecule has 0 fully saturated rings. The van der Waals surface area contributed by atoms with Gasteiger partial charge in [0.05, 0.1) is 11.0 Å². The summed E-state index contributed by atoms with van der Waals surface area (Å²) in [7, 11) is 2.01. The van der Waals surface area contributed by atoms with Gasteiger partial charge < -0.3 is 4.57 Å². The molecule has 0 bridgehead atoms. The minimum atomic E-state index is 0.718. The average molecular weight is 274 g/mol. The molecule has 4 aromatic rings. The highest BCUT2D eigenvalue weighted by atomic mass is 15.4. The fourth-order valence-electron chi connectivity index (χ4n) is 2.54. The molecule has 0 aliphatic carbocycles. The molecule has 2 heterocycles. The molecule has 0 amide bonds. The van der Waals surface area contributed by atoms with Crippen molar-refractivity contribution in [2.24, 2.45) is 7.05 Å². The van der Waals surface area contributed by atoms with Crippen molar-refractivity contribution < 1.29 is 0 Å². The van der Waals surface area contributed by atoms with Crippen LogP contribution in [0.25, 0.3) is 29.0 Å². The van der Waals surface area contributed by atoms with E-state index in [2.05, 4.69) is 38.9 Å². The molecule has 0 saturated heterocycles. The zero-order valence-corrected chi connectivity index (χ0v) is 11.6. The summed E-state index contributed by atoms with van der Waals surface area (Å²) in [5.74, 6) is 1.57. The van der Waals surface area contributed by atoms with Crippen LogP contribution >= 0.6 is 0 Å². The van der Waals surface area contributed by atoms with E-state index < -0.39 is 0 Å². The second-order valence-electron chi connectivity index (χ2n) is 4.97. The second kappa shape index (κ2) is 4.59. The molecule has 4 nitrogen and oxygen atoms in total. The number of aromatic nitrogens is 4. The Labute approximate surface area is 122 Å². The van der Waals surface area contributed by atoms with Gasteiger partial charge in [0, 0.05) is 7.05 Å². The third-order valence-corrected chi connectivity index (χ3v) is 3.60. The van der Waals surface area contributed by atoms with E-state index in [9.17, 15) is 0 Å². The molecule has 4 heteroatoms. The average Bonchev–Trinajstić information content (AvgIpc) is 3.07. The summed E-state index contributed by atoms with van der Waals surface area (Å²) in [6.07, 6.45) is 3.97. The van der Waals surface area contributed by atoms with Crippen LogP contribution in [-0.4, -0.2) is 19.2 Å². The topological polar surface area (TPSA) is 35.1 Å². The molecule has 4 rings (SSSR count). The van der Waals surface area contributed by atoms with Crippen molar-refractivity contribution in [2.45, 2.75) is 0 Å². The number of hydrogen-bond acceptors (Lipinski definition) is 2. The van der Waals surface area contributed by atoms with Gasteiger partial charge in [0.2, 0.25) is 5.78 Å². The smallest absolute Gasteiger partial charge is 0.233 e. The van der Waals surface area contributed by atoms with Crippen molar-refractivity contribution in [3.05, 3.63) is 66.0 Å². The van der Waals surface area contributed by atoms with Crippen LogP contribution in [0.5, 0.6) is 0 Å². The number of rotatable bonds is 2. The highest BCUT2D eigenvalue weighted by Gasteiger charge is 2.10. The molecule has 0 saturated carbocycles. The Hall–Kier alpha value is -2.88. The third kappa shape index (κ3) is 1.92. The van der Waals surface area contributed by atoms with Gasteiger partial charge in [-0.3, -0.25) is 0 Å². The van der Waals surface area contributed by atoms with Gasteiger partial charge in [-0.25, -0.2) is 0 Å². The van der Waals surface area contributed by atoms with E-state index >= 15 is 0 Å². The van der Waals surface area contributed by atoms with E-state index in [-0.39, 0.29) is 0 Å². The summed E-state index contributed by atoms with van der Waals surface area (Å²) < 4.78 is 3.95. The van der Waals surface area contributed by atoms with E-state index in [0.29, 0.717) is 0 Å². The Kier molecular flexibility index (Phi) is 2.60. The van der Waals surface area contributed by atoms with Gasteiger partial charge in [-0.05, 0) is 23.8 Å². The molecule has 0 aliphatic rings. The minimum absolute atomic E-state index is 0.718. The highest BCUT2D eigenvalue weighted by Crippen LogP contribution is 2.18. The first-order valence-electron chi connectivity index (χ1n) is 6.86. The van der Waals surface area contributed by atoms with Gasteiger partial charge in [0.15, 0.2) is 5.82 Å². The van der Waals surface area contributed by atoms with E-state index in [0.717, 1.165) is 28.2 Å². The monoisotopic (exact) mass is 274 g/mol. The van der Waals surface area contributed by atoms with Gasteiger partial charge in [0.1, 0.15) is 0 Å². The number of imidazole rings is 1. The number of fused-ring (bicyclic) bond motifs is 3. The number of aryl methyl sites for hydroxylation is 1. The Morgan fingerprint density at radius 1 is 0.857 bits per heavy atom. The van der Waals surface area contributed by atoms with Crippen molar-refractivity contribution in [1.29, 1.82) is 0 Å². The van der Waals surface area contributed by atoms with Gasteiger partial charge >= 0.3 is 0 Å². The summed E-state index contributed by atoms with van der Waals surface area (Å²) in [6, 6.07) is 18.3. The summed E-state index contributed by atoms with van der Waals surface area (Å²) in [5, 5.41) is 4.57. The first kappa shape index (κ1) is 11.9. The van der Waals surface area contributed by atoms with Crippen molar-refractivity contribution >= 4 is 29.0 Å². The molecule has 0 spiro atoms. The highest BCUT2D eigenvalue weighted by molar-refractivity contribution is 5.80. The lowest BCUT2D eigenvalue weighted by Gasteiger charge is -1.93. The molecule has 0 radical (unpaired) electrons. The largest absolute Gasteiger partial charge is 0.311 e. The Bertz CT molecular complexity index is 945. The number of hydrogen-bond donors (Lipinski definition) is 0. The lowest BCUT2D eigenvalue weighted by atomic mass is 10.2. The Balaban J connectivity index is 1.81. The molecular weight excluding hydrogens is 260 g/mol. The maximum Gasteiger partial charge on any atom is 0.233 e. The molecule has 0 aliphatic heterocycles. The van der Waals surface area contributed by atoms with Crippen LogP contribution in [0.15, 0.2) is 54.6 Å². The van der Waals surface area contributed by atoms with E-state index in [1.54, 1.807) is 0 Å². The first-order valence-corrected chi connectivity index (χ1v) is 6.86. The summed E-state index contributed by atoms with van der Waals surface area (Å²) in [6.45, 7) is 0. The second-order valence-corrected chi connectivity index (χ2v) is 4.97. The zero-order chi connectivity index (χ0) is 14.2. The number of benzene rings is 2. The standard InChI is InChI=1S/C17H14N4/c1-20-14-9-5-6-10-15(14)21-17(20)18-16(19-21)12-11-13-7-3-2-4-8-13/h2-12H,1H3. The Morgan fingerprint density at radius 3 is 2.38 bits per heavy atom. The lowest BCUT2D eigenvalue weighted by molar-refractivity contribution is 0.940. The van der Waals surface area contributed by atoms with Crippen LogP contribution in [0.1, 0.15) is 11.4 Å². The van der Waals surface area contributed by atoms with Crippen LogP contribution in [0.4, 0.5) is 0 Å². The minimum Gasteiger partial charge on any atom is -0.311 e. The lowest BCUT2D eigenvalue weighted by Crippen LogP contribution is -1.88. The van der Waals surface area contributed by atoms with Gasteiger partial charge in [-0.2, -0.15) is 9.50 Å². The van der Waals surface area contributed by atoms with Crippen LogP contribution in [0, 0.1) is 0 Å². The predicted molar refractivity (Wildman–Crippen MR) is 84.8 cm³/mol. The van der Waals surface area contributed by atoms with E-state index in [1.807, 2.05) is 54.0 Å². The fraction of sp³-hybridized carbons (Fsp3) is 0.0588. The maximum atomic E-state index is 4.59. The fourth-order valence-corrected chi connectivity index (χ4v) is 2.54. The van der Waals surface area contributed by atoms with Crippen LogP contribution in [0.3, 0.4) is 0 Å². The van der Waals surface area contributed by atoms with Gasteiger partial charge in [-0.1, -0.05) is 48.5 Å². The molecule has 0 unspecified atom stereocenters. The normalized spacial score (nSPS) is 11.9. The van der Waals surface area contributed by atoms with E-state index in [4.69, 9.17) is 0 Å². The summed E-state index contributed by atoms with van der Waals surface area (Å²) >= 11 is 0. The zero-order valence-electron chi connectivity index (χ0n) is 11.6. The SMILES string of the molecule is Cn1c2ccccc2n2nc(C=Cc3ccccc3)nc12. The van der Waals surface area contributed by atoms with Gasteiger partial charge in [0.25, 0.3) is 0 Å². The van der Waals surface area contributed by atoms with Crippen molar-refractivity contribution in [3.63, 3.8) is 0 Å². The van der Waals surface area contributed by atoms with Crippen LogP contribution in [-0.2, 0) is 7.05 Å². The van der Waals surface area contributed by atoms with Crippen molar-refractivity contribution in [3.8, 4) is 0 Å². The third-order valence-electron chi connectivity index (χ3n) is 3.60. The molecule has 0 N–H and O–H groups in total. The molecule has 2 aromatic carbocycles. The molecule has 21 heavy (non-hydrogen) atoms. The number of nitrogens with zero attached hydrogens (tertiary/aromatic N) is 4. The summed E-state index contributed by atoms with van der Waals surface area (Å²) in [5.41, 5.74) is 3.34. The van der Waals surface area contributed by atoms with Gasteiger partial charge in [-0.15, -0.1) is 5.10 Å². The van der Waals surface area contributed by atoms with E-state index in [1.165, 1.54) is 0 Å². The van der Waals surface area contributed by atoms with Crippen LogP contribution in [0.2, 0.25) is 0 Å². The first-order chi connectivity index (χ1) is 10.3. The molecule has 102 valence electrons. The Morgan fingerprint density at radius 2 is 1.57 bits per heavy atom. The van der Waals surface area contributed by atoms with Crippen LogP contribution < -0.4 is 0 Å². The quantitative estimate of drug-likeness (QED) is 0.561. The predicted octanol–water partition coefficient (Wildman–Crippen LogP) is 3.39. The van der Waals surface area contributed by atoms with Crippen molar-refractivity contribution in [1.82, 2.24) is 19.2 Å². The summed E-state index contributed by atoms with van der Waals surface area (Å²) in [4.78, 5) is 4.59. The van der Waals surface area contributed by atoms with Crippen molar-refractivity contribution in [2.75, 3.05) is 0 Å². The molecular formula is C17H14N4.